The van der Waals surface area contributed by atoms with Crippen LogP contribution >= 0.6 is 0 Å². The molecule has 0 unspecified atom stereocenters. The van der Waals surface area contributed by atoms with E-state index in [1.165, 1.54) is 43.9 Å². The molecular weight excluding hydrogens is 392 g/mol. The number of ether oxygens (including phenoxy) is 1. The predicted molar refractivity (Wildman–Crippen MR) is 120 cm³/mol. The highest BCUT2D eigenvalue weighted by Gasteiger charge is 2.25. The van der Waals surface area contributed by atoms with Gasteiger partial charge in [-0.3, -0.25) is 9.79 Å². The minimum Gasteiger partial charge on any atom is -0.490 e. The molecule has 0 atom stereocenters. The van der Waals surface area contributed by atoms with E-state index in [9.17, 15) is 4.79 Å². The van der Waals surface area contributed by atoms with Crippen LogP contribution in [0.4, 0.5) is 0 Å². The lowest BCUT2D eigenvalue weighted by molar-refractivity contribution is 0.0657. The van der Waals surface area contributed by atoms with Gasteiger partial charge in [-0.25, -0.2) is 0 Å². The number of furan rings is 1. The van der Waals surface area contributed by atoms with Crippen molar-refractivity contribution in [1.82, 2.24) is 15.1 Å². The first-order chi connectivity index (χ1) is 15.2. The first-order valence-electron chi connectivity index (χ1n) is 11.3. The molecule has 2 aromatic rings. The van der Waals surface area contributed by atoms with Crippen LogP contribution in [0.15, 0.2) is 52.1 Å². The maximum Gasteiger partial charge on any atom is 0.289 e. The molecule has 2 fully saturated rings. The molecular formula is C24H32N4O3. The maximum atomic E-state index is 12.4. The zero-order valence-corrected chi connectivity index (χ0v) is 18.3. The SMILES string of the molecule is CN=C(NCc1ccc(OC2CCCCC2)cc1)N1CCN(C(=O)c2ccco2)CC1. The lowest BCUT2D eigenvalue weighted by Crippen LogP contribution is -2.53. The van der Waals surface area contributed by atoms with Gasteiger partial charge in [-0.15, -0.1) is 0 Å². The Balaban J connectivity index is 1.24. The summed E-state index contributed by atoms with van der Waals surface area (Å²) in [7, 11) is 1.80. The normalized spacial score (nSPS) is 18.2. The van der Waals surface area contributed by atoms with Crippen molar-refractivity contribution in [2.24, 2.45) is 4.99 Å². The molecule has 0 bridgehead atoms. The number of aliphatic imine (C=N–C) groups is 1. The molecule has 1 N–H and O–H groups in total. The van der Waals surface area contributed by atoms with Crippen LogP contribution in [0, 0.1) is 0 Å². The van der Waals surface area contributed by atoms with Crippen molar-refractivity contribution in [3.8, 4) is 5.75 Å². The maximum absolute atomic E-state index is 12.4. The number of nitrogens with one attached hydrogen (secondary N) is 1. The summed E-state index contributed by atoms with van der Waals surface area (Å²) in [5.41, 5.74) is 1.18. The molecule has 4 rings (SSSR count). The third-order valence-corrected chi connectivity index (χ3v) is 6.04. The van der Waals surface area contributed by atoms with Gasteiger partial charge >= 0.3 is 0 Å². The lowest BCUT2D eigenvalue weighted by Gasteiger charge is -2.36. The Morgan fingerprint density at radius 1 is 1.06 bits per heavy atom. The van der Waals surface area contributed by atoms with Crippen LogP contribution in [-0.4, -0.2) is 61.0 Å². The van der Waals surface area contributed by atoms with Gasteiger partial charge in [-0.2, -0.15) is 0 Å². The van der Waals surface area contributed by atoms with Crippen molar-refractivity contribution in [3.05, 3.63) is 54.0 Å². The van der Waals surface area contributed by atoms with Crippen molar-refractivity contribution in [2.45, 2.75) is 44.8 Å². The Kier molecular flexibility index (Phi) is 7.12. The number of piperazine rings is 1. The van der Waals surface area contributed by atoms with Gasteiger partial charge in [0.05, 0.1) is 12.4 Å². The summed E-state index contributed by atoms with van der Waals surface area (Å²) in [5, 5.41) is 3.44. The van der Waals surface area contributed by atoms with Gasteiger partial charge in [0.25, 0.3) is 5.91 Å². The standard InChI is InChI=1S/C24H32N4O3/c1-25-24(28-15-13-27(14-16-28)23(29)22-8-5-17-30-22)26-18-19-9-11-21(12-10-19)31-20-6-3-2-4-7-20/h5,8-12,17,20H,2-4,6-7,13-16,18H2,1H3,(H,25,26). The van der Waals surface area contributed by atoms with E-state index in [0.29, 0.717) is 31.5 Å². The van der Waals surface area contributed by atoms with Crippen molar-refractivity contribution in [2.75, 3.05) is 33.2 Å². The smallest absolute Gasteiger partial charge is 0.289 e. The fourth-order valence-corrected chi connectivity index (χ4v) is 4.25. The predicted octanol–water partition coefficient (Wildman–Crippen LogP) is 3.52. The third kappa shape index (κ3) is 5.60. The fourth-order valence-electron chi connectivity index (χ4n) is 4.25. The Labute approximate surface area is 184 Å². The molecule has 1 aliphatic carbocycles. The molecule has 1 saturated heterocycles. The highest BCUT2D eigenvalue weighted by Crippen LogP contribution is 2.23. The Morgan fingerprint density at radius 2 is 1.77 bits per heavy atom. The molecule has 166 valence electrons. The van der Waals surface area contributed by atoms with E-state index in [1.54, 1.807) is 19.2 Å². The highest BCUT2D eigenvalue weighted by atomic mass is 16.5. The molecule has 1 aromatic heterocycles. The van der Waals surface area contributed by atoms with Crippen LogP contribution in [0.5, 0.6) is 5.75 Å². The second-order valence-electron chi connectivity index (χ2n) is 8.18. The number of benzene rings is 1. The number of hydrogen-bond acceptors (Lipinski definition) is 4. The van der Waals surface area contributed by atoms with Crippen molar-refractivity contribution in [1.29, 1.82) is 0 Å². The first kappa shape index (κ1) is 21.3. The van der Waals surface area contributed by atoms with E-state index < -0.39 is 0 Å². The van der Waals surface area contributed by atoms with Crippen LogP contribution < -0.4 is 10.1 Å². The van der Waals surface area contributed by atoms with Crippen molar-refractivity contribution in [3.63, 3.8) is 0 Å². The highest BCUT2D eigenvalue weighted by molar-refractivity contribution is 5.91. The average Bonchev–Trinajstić information content (AvgIpc) is 3.36. The monoisotopic (exact) mass is 424 g/mol. The fraction of sp³-hybridized carbons (Fsp3) is 0.500. The zero-order chi connectivity index (χ0) is 21.5. The number of carbonyl (C=O) groups excluding carboxylic acids is 1. The van der Waals surface area contributed by atoms with E-state index in [4.69, 9.17) is 9.15 Å². The van der Waals surface area contributed by atoms with Gasteiger partial charge in [-0.05, 0) is 55.5 Å². The molecule has 7 heteroatoms. The van der Waals surface area contributed by atoms with Crippen LogP contribution in [0.1, 0.15) is 48.2 Å². The molecule has 31 heavy (non-hydrogen) atoms. The first-order valence-corrected chi connectivity index (χ1v) is 11.3. The van der Waals surface area contributed by atoms with Gasteiger partial charge in [0.2, 0.25) is 0 Å². The van der Waals surface area contributed by atoms with Gasteiger partial charge in [0.1, 0.15) is 5.75 Å². The number of carbonyl (C=O) groups is 1. The number of amides is 1. The van der Waals surface area contributed by atoms with Gasteiger partial charge in [-0.1, -0.05) is 18.6 Å². The van der Waals surface area contributed by atoms with Gasteiger partial charge in [0.15, 0.2) is 11.7 Å². The summed E-state index contributed by atoms with van der Waals surface area (Å²) < 4.78 is 11.3. The topological polar surface area (TPSA) is 70.3 Å². The Morgan fingerprint density at radius 3 is 2.42 bits per heavy atom. The minimum absolute atomic E-state index is 0.0527. The largest absolute Gasteiger partial charge is 0.490 e. The lowest BCUT2D eigenvalue weighted by atomic mass is 9.98. The number of nitrogens with zero attached hydrogens (tertiary/aromatic N) is 3. The number of guanidine groups is 1. The van der Waals surface area contributed by atoms with E-state index in [-0.39, 0.29) is 5.91 Å². The molecule has 1 saturated carbocycles. The summed E-state index contributed by atoms with van der Waals surface area (Å²) in [6.45, 7) is 3.46. The van der Waals surface area contributed by atoms with E-state index in [2.05, 4.69) is 39.5 Å². The molecule has 0 radical (unpaired) electrons. The van der Waals surface area contributed by atoms with E-state index in [1.807, 2.05) is 4.90 Å². The summed E-state index contributed by atoms with van der Waals surface area (Å²) in [5.74, 6) is 2.15. The van der Waals surface area contributed by atoms with Crippen molar-refractivity contribution >= 4 is 11.9 Å². The second kappa shape index (κ2) is 10.4. The Bertz CT molecular complexity index is 849. The van der Waals surface area contributed by atoms with E-state index >= 15 is 0 Å². The zero-order valence-electron chi connectivity index (χ0n) is 18.3. The summed E-state index contributed by atoms with van der Waals surface area (Å²) in [6.07, 6.45) is 8.12. The second-order valence-corrected chi connectivity index (χ2v) is 8.18. The molecule has 2 aliphatic rings. The summed E-state index contributed by atoms with van der Waals surface area (Å²) >= 11 is 0. The number of rotatable bonds is 5. The molecule has 7 nitrogen and oxygen atoms in total. The van der Waals surface area contributed by atoms with Gasteiger partial charge < -0.3 is 24.3 Å². The molecule has 1 amide bonds. The molecule has 2 heterocycles. The third-order valence-electron chi connectivity index (χ3n) is 6.04. The van der Waals surface area contributed by atoms with Crippen LogP contribution in [0.3, 0.4) is 0 Å². The van der Waals surface area contributed by atoms with Crippen LogP contribution in [0.25, 0.3) is 0 Å². The summed E-state index contributed by atoms with van der Waals surface area (Å²) in [4.78, 5) is 20.9. The van der Waals surface area contributed by atoms with Crippen LogP contribution in [0.2, 0.25) is 0 Å². The minimum atomic E-state index is -0.0527. The number of hydrogen-bond donors (Lipinski definition) is 1. The van der Waals surface area contributed by atoms with Gasteiger partial charge in [0, 0.05) is 39.8 Å². The average molecular weight is 425 g/mol. The molecule has 1 aromatic carbocycles. The van der Waals surface area contributed by atoms with Crippen LogP contribution in [-0.2, 0) is 6.54 Å². The van der Waals surface area contributed by atoms with E-state index in [0.717, 1.165) is 24.8 Å². The Hall–Kier alpha value is -2.96. The molecule has 0 spiro atoms. The quantitative estimate of drug-likeness (QED) is 0.587. The van der Waals surface area contributed by atoms with Crippen molar-refractivity contribution < 1.29 is 13.9 Å². The molecule has 1 aliphatic heterocycles. The summed E-state index contributed by atoms with van der Waals surface area (Å²) in [6, 6.07) is 11.8.